The summed E-state index contributed by atoms with van der Waals surface area (Å²) in [6, 6.07) is 38.2. The molecule has 2 amide bonds. The zero-order chi connectivity index (χ0) is 34.1. The van der Waals surface area contributed by atoms with Gasteiger partial charge in [0.15, 0.2) is 6.10 Å². The van der Waals surface area contributed by atoms with Gasteiger partial charge in [-0.1, -0.05) is 84.9 Å². The number of rotatable bonds is 10. The molecule has 1 aliphatic heterocycles. The third kappa shape index (κ3) is 6.58. The zero-order valence-corrected chi connectivity index (χ0v) is 30.3. The van der Waals surface area contributed by atoms with E-state index in [-0.39, 0.29) is 24.8 Å². The van der Waals surface area contributed by atoms with E-state index >= 15 is 0 Å². The van der Waals surface area contributed by atoms with Crippen molar-refractivity contribution >= 4 is 71.1 Å². The van der Waals surface area contributed by atoms with E-state index in [2.05, 4.69) is 105 Å². The monoisotopic (exact) mass is 793 g/mol. The highest BCUT2D eigenvalue weighted by atomic mass is 79.9. The minimum absolute atomic E-state index is 0.00172. The van der Waals surface area contributed by atoms with Crippen LogP contribution in [0.3, 0.4) is 0 Å². The molecule has 0 bridgehead atoms. The van der Waals surface area contributed by atoms with Crippen LogP contribution in [-0.4, -0.2) is 42.4 Å². The minimum atomic E-state index is -1.06. The molecule has 244 valence electrons. The van der Waals surface area contributed by atoms with Gasteiger partial charge in [-0.2, -0.15) is 0 Å². The van der Waals surface area contributed by atoms with Crippen molar-refractivity contribution in [3.63, 3.8) is 0 Å². The Morgan fingerprint density at radius 1 is 0.755 bits per heavy atom. The fourth-order valence-corrected chi connectivity index (χ4v) is 8.81. The molecular weight excluding hydrogens is 766 g/mol. The van der Waals surface area contributed by atoms with Crippen LogP contribution in [0.25, 0.3) is 32.3 Å². The number of thiophene rings is 1. The lowest BCUT2D eigenvalue weighted by Crippen LogP contribution is -2.37. The van der Waals surface area contributed by atoms with Crippen LogP contribution in [0.1, 0.15) is 37.6 Å². The molecule has 0 spiro atoms. The predicted molar refractivity (Wildman–Crippen MR) is 200 cm³/mol. The molecular formula is C40H29Br2NO5S. The quantitative estimate of drug-likeness (QED) is 0.102. The Bertz CT molecular complexity index is 2160. The van der Waals surface area contributed by atoms with Crippen molar-refractivity contribution < 1.29 is 23.9 Å². The second kappa shape index (κ2) is 14.1. The SMILES string of the molecule is COC(=O)C(CCN1C(=O)c2ccccc2C1=O)Oc1c(Br)cc(-c2ccc(-c3c(Cc4ccccc4)sc4ccccc34)cc2)cc1Br. The van der Waals surface area contributed by atoms with E-state index in [4.69, 9.17) is 9.47 Å². The predicted octanol–water partition coefficient (Wildman–Crippen LogP) is 9.96. The van der Waals surface area contributed by atoms with Crippen molar-refractivity contribution in [2.75, 3.05) is 13.7 Å². The second-order valence-electron chi connectivity index (χ2n) is 11.6. The molecule has 1 atom stereocenters. The number of hydrogen-bond acceptors (Lipinski definition) is 6. The smallest absolute Gasteiger partial charge is 0.347 e. The molecule has 6 aromatic rings. The van der Waals surface area contributed by atoms with Crippen LogP contribution in [0.4, 0.5) is 0 Å². The second-order valence-corrected chi connectivity index (χ2v) is 14.5. The average molecular weight is 796 g/mol. The molecule has 0 aliphatic carbocycles. The number of amides is 2. The fourth-order valence-electron chi connectivity index (χ4n) is 6.17. The Morgan fingerprint density at radius 3 is 2.00 bits per heavy atom. The maximum Gasteiger partial charge on any atom is 0.347 e. The van der Waals surface area contributed by atoms with Crippen LogP contribution in [0.5, 0.6) is 5.75 Å². The van der Waals surface area contributed by atoms with Gasteiger partial charge in [-0.3, -0.25) is 14.5 Å². The molecule has 49 heavy (non-hydrogen) atoms. The first-order chi connectivity index (χ1) is 23.8. The molecule has 0 saturated carbocycles. The zero-order valence-electron chi connectivity index (χ0n) is 26.3. The van der Waals surface area contributed by atoms with Gasteiger partial charge in [0.2, 0.25) is 0 Å². The highest BCUT2D eigenvalue weighted by Gasteiger charge is 2.36. The van der Waals surface area contributed by atoms with Gasteiger partial charge < -0.3 is 9.47 Å². The summed E-state index contributed by atoms with van der Waals surface area (Å²) >= 11 is 9.12. The first-order valence-corrected chi connectivity index (χ1v) is 18.1. The van der Waals surface area contributed by atoms with Crippen molar-refractivity contribution in [1.29, 1.82) is 0 Å². The standard InChI is InChI=1S/C40H29Br2NO5S/c1-47-40(46)33(19-20-43-38(44)28-11-5-6-12-29(28)39(43)45)48-37-31(41)22-27(23-32(37)42)25-15-17-26(18-16-25)36-30-13-7-8-14-34(30)49-35(36)21-24-9-3-2-4-10-24/h2-18,22-23,33H,19-21H2,1H3. The number of hydrogen-bond donors (Lipinski definition) is 0. The van der Waals surface area contributed by atoms with Gasteiger partial charge in [0.05, 0.1) is 27.2 Å². The summed E-state index contributed by atoms with van der Waals surface area (Å²) in [5, 5.41) is 1.25. The summed E-state index contributed by atoms with van der Waals surface area (Å²) in [5.41, 5.74) is 6.36. The van der Waals surface area contributed by atoms with Gasteiger partial charge >= 0.3 is 5.97 Å². The van der Waals surface area contributed by atoms with Gasteiger partial charge in [-0.05, 0) is 84.4 Å². The molecule has 1 unspecified atom stereocenters. The number of halogens is 2. The molecule has 5 aromatic carbocycles. The Hall–Kier alpha value is -4.57. The van der Waals surface area contributed by atoms with Crippen molar-refractivity contribution in [2.24, 2.45) is 0 Å². The Morgan fingerprint density at radius 2 is 1.35 bits per heavy atom. The van der Waals surface area contributed by atoms with E-state index in [1.807, 2.05) is 29.5 Å². The average Bonchev–Trinajstić information content (AvgIpc) is 3.61. The third-order valence-electron chi connectivity index (χ3n) is 8.60. The number of imide groups is 1. The van der Waals surface area contributed by atoms with Crippen LogP contribution in [-0.2, 0) is 16.0 Å². The lowest BCUT2D eigenvalue weighted by Gasteiger charge is -2.22. The van der Waals surface area contributed by atoms with Crippen LogP contribution in [0, 0.1) is 0 Å². The number of carbonyl (C=O) groups excluding carboxylic acids is 3. The summed E-state index contributed by atoms with van der Waals surface area (Å²) in [7, 11) is 1.28. The summed E-state index contributed by atoms with van der Waals surface area (Å²) in [6.45, 7) is -0.00172. The molecule has 6 nitrogen and oxygen atoms in total. The highest BCUT2D eigenvalue weighted by Crippen LogP contribution is 2.42. The number of methoxy groups -OCH3 is 1. The van der Waals surface area contributed by atoms with E-state index < -0.39 is 12.1 Å². The molecule has 0 radical (unpaired) electrons. The van der Waals surface area contributed by atoms with Crippen molar-refractivity contribution in [3.8, 4) is 28.0 Å². The summed E-state index contributed by atoms with van der Waals surface area (Å²) in [6.07, 6.45) is -0.134. The van der Waals surface area contributed by atoms with E-state index in [0.717, 1.165) is 28.0 Å². The summed E-state index contributed by atoms with van der Waals surface area (Å²) in [4.78, 5) is 41.0. The Labute approximate surface area is 304 Å². The van der Waals surface area contributed by atoms with Crippen molar-refractivity contribution in [3.05, 3.63) is 146 Å². The van der Waals surface area contributed by atoms with Crippen LogP contribution in [0.15, 0.2) is 124 Å². The van der Waals surface area contributed by atoms with Crippen LogP contribution in [0.2, 0.25) is 0 Å². The molecule has 2 heterocycles. The number of esters is 1. The number of fused-ring (bicyclic) bond motifs is 2. The molecule has 0 N–H and O–H groups in total. The Balaban J connectivity index is 1.11. The molecule has 0 saturated heterocycles. The van der Waals surface area contributed by atoms with Crippen LogP contribution < -0.4 is 4.74 Å². The maximum atomic E-state index is 12.9. The first kappa shape index (κ1) is 33.0. The number of carbonyl (C=O) groups is 3. The lowest BCUT2D eigenvalue weighted by atomic mass is 9.96. The normalized spacial score (nSPS) is 13.1. The van der Waals surface area contributed by atoms with Gasteiger partial charge in [0, 0.05) is 39.9 Å². The third-order valence-corrected chi connectivity index (χ3v) is 10.9. The van der Waals surface area contributed by atoms with E-state index in [0.29, 0.717) is 25.8 Å². The highest BCUT2D eigenvalue weighted by molar-refractivity contribution is 9.11. The van der Waals surface area contributed by atoms with Gasteiger partial charge in [-0.15, -0.1) is 11.3 Å². The topological polar surface area (TPSA) is 72.9 Å². The molecule has 1 aromatic heterocycles. The number of nitrogens with zero attached hydrogens (tertiary/aromatic N) is 1. The maximum absolute atomic E-state index is 12.9. The molecule has 1 aliphatic rings. The van der Waals surface area contributed by atoms with Gasteiger partial charge in [-0.25, -0.2) is 4.79 Å². The minimum Gasteiger partial charge on any atom is -0.476 e. The van der Waals surface area contributed by atoms with Crippen LogP contribution >= 0.6 is 43.2 Å². The van der Waals surface area contributed by atoms with Crippen molar-refractivity contribution in [1.82, 2.24) is 4.90 Å². The van der Waals surface area contributed by atoms with Crippen molar-refractivity contribution in [2.45, 2.75) is 18.9 Å². The fraction of sp³-hybridized carbons (Fsp3) is 0.125. The number of benzene rings is 5. The molecule has 7 rings (SSSR count). The van der Waals surface area contributed by atoms with Gasteiger partial charge in [0.1, 0.15) is 5.75 Å². The van der Waals surface area contributed by atoms with E-state index in [1.54, 1.807) is 24.3 Å². The van der Waals surface area contributed by atoms with Gasteiger partial charge in [0.25, 0.3) is 11.8 Å². The summed E-state index contributed by atoms with van der Waals surface area (Å²) in [5.74, 6) is -0.973. The molecule has 9 heteroatoms. The largest absolute Gasteiger partial charge is 0.476 e. The summed E-state index contributed by atoms with van der Waals surface area (Å²) < 4.78 is 13.7. The lowest BCUT2D eigenvalue weighted by molar-refractivity contribution is -0.149. The Kier molecular flexibility index (Phi) is 9.49. The van der Waals surface area contributed by atoms with E-state index in [9.17, 15) is 14.4 Å². The van der Waals surface area contributed by atoms with E-state index in [1.165, 1.54) is 33.2 Å². The molecule has 0 fully saturated rings. The number of ether oxygens (including phenoxy) is 2. The first-order valence-electron chi connectivity index (χ1n) is 15.7.